The third-order valence-electron chi connectivity index (χ3n) is 5.29. The van der Waals surface area contributed by atoms with Gasteiger partial charge in [-0.2, -0.15) is 0 Å². The number of urea groups is 1. The van der Waals surface area contributed by atoms with E-state index in [2.05, 4.69) is 5.32 Å². The fraction of sp³-hybridized carbons (Fsp3) is 0.429. The Morgan fingerprint density at radius 3 is 2.57 bits per heavy atom. The molecule has 1 N–H and O–H groups in total. The molecular formula is C21H24N2O5. The average molecular weight is 384 g/mol. The summed E-state index contributed by atoms with van der Waals surface area (Å²) in [6.07, 6.45) is 2.89. The number of Topliss-reactive ketones (excluding diaryl/α,β-unsaturated/α-hetero) is 1. The van der Waals surface area contributed by atoms with Gasteiger partial charge in [0.05, 0.1) is 12.3 Å². The highest BCUT2D eigenvalue weighted by atomic mass is 16.6. The Hall–Kier alpha value is -2.96. The van der Waals surface area contributed by atoms with Crippen LogP contribution < -0.4 is 14.8 Å². The van der Waals surface area contributed by atoms with Crippen molar-refractivity contribution in [3.05, 3.63) is 47.9 Å². The molecule has 2 aliphatic heterocycles. The summed E-state index contributed by atoms with van der Waals surface area (Å²) in [6.45, 7) is 4.01. The van der Waals surface area contributed by atoms with Crippen LogP contribution in [0.1, 0.15) is 41.9 Å². The van der Waals surface area contributed by atoms with Crippen molar-refractivity contribution in [2.75, 3.05) is 26.3 Å². The molecule has 2 amide bonds. The lowest BCUT2D eigenvalue weighted by atomic mass is 9.89. The van der Waals surface area contributed by atoms with Crippen molar-refractivity contribution in [1.29, 1.82) is 0 Å². The van der Waals surface area contributed by atoms with Gasteiger partial charge in [0.1, 0.15) is 19.0 Å². The van der Waals surface area contributed by atoms with Gasteiger partial charge in [0.25, 0.3) is 0 Å². The van der Waals surface area contributed by atoms with Gasteiger partial charge in [-0.25, -0.2) is 4.79 Å². The smallest absolute Gasteiger partial charge is 0.317 e. The summed E-state index contributed by atoms with van der Waals surface area (Å²) in [5.74, 6) is 2.04. The molecule has 2 aromatic rings. The lowest BCUT2D eigenvalue weighted by molar-refractivity contribution is 0.0852. The van der Waals surface area contributed by atoms with Crippen molar-refractivity contribution in [3.8, 4) is 11.5 Å². The van der Waals surface area contributed by atoms with Crippen LogP contribution in [0, 0.1) is 5.92 Å². The minimum absolute atomic E-state index is 0.0888. The van der Waals surface area contributed by atoms with Crippen molar-refractivity contribution < 1.29 is 23.5 Å². The van der Waals surface area contributed by atoms with Gasteiger partial charge in [-0.05, 0) is 50.1 Å². The van der Waals surface area contributed by atoms with Gasteiger partial charge in [-0.3, -0.25) is 4.79 Å². The number of hydrogen-bond acceptors (Lipinski definition) is 5. The quantitative estimate of drug-likeness (QED) is 0.817. The number of fused-ring (bicyclic) bond motifs is 1. The highest BCUT2D eigenvalue weighted by molar-refractivity contribution is 5.98. The Balaban J connectivity index is 1.32. The van der Waals surface area contributed by atoms with Crippen molar-refractivity contribution in [3.63, 3.8) is 0 Å². The van der Waals surface area contributed by atoms with Crippen LogP contribution in [0.4, 0.5) is 4.79 Å². The minimum atomic E-state index is -0.195. The van der Waals surface area contributed by atoms with Crippen LogP contribution in [0.3, 0.4) is 0 Å². The molecule has 1 fully saturated rings. The molecule has 1 saturated heterocycles. The summed E-state index contributed by atoms with van der Waals surface area (Å²) in [4.78, 5) is 27.1. The zero-order valence-corrected chi connectivity index (χ0v) is 15.8. The number of furan rings is 1. The zero-order chi connectivity index (χ0) is 19.5. The van der Waals surface area contributed by atoms with E-state index >= 15 is 0 Å². The van der Waals surface area contributed by atoms with E-state index in [-0.39, 0.29) is 23.8 Å². The third kappa shape index (κ3) is 3.83. The maximum atomic E-state index is 12.9. The number of ketones is 1. The molecule has 7 nitrogen and oxygen atoms in total. The van der Waals surface area contributed by atoms with Crippen molar-refractivity contribution in [2.24, 2.45) is 5.92 Å². The molecule has 1 atom stereocenters. The molecule has 1 aromatic carbocycles. The van der Waals surface area contributed by atoms with Crippen molar-refractivity contribution >= 4 is 11.8 Å². The third-order valence-corrected chi connectivity index (χ3v) is 5.29. The van der Waals surface area contributed by atoms with Crippen LogP contribution in [0.25, 0.3) is 0 Å². The summed E-state index contributed by atoms with van der Waals surface area (Å²) in [5, 5.41) is 2.94. The first-order chi connectivity index (χ1) is 13.6. The van der Waals surface area contributed by atoms with Crippen LogP contribution in [0.2, 0.25) is 0 Å². The molecule has 4 rings (SSSR count). The summed E-state index contributed by atoms with van der Waals surface area (Å²) < 4.78 is 16.4. The number of piperidine rings is 1. The van der Waals surface area contributed by atoms with E-state index in [4.69, 9.17) is 13.9 Å². The number of benzene rings is 1. The van der Waals surface area contributed by atoms with E-state index in [9.17, 15) is 9.59 Å². The van der Waals surface area contributed by atoms with Crippen LogP contribution in [-0.4, -0.2) is 43.0 Å². The predicted molar refractivity (Wildman–Crippen MR) is 102 cm³/mol. The Kier molecular flexibility index (Phi) is 5.23. The minimum Gasteiger partial charge on any atom is -0.486 e. The number of amides is 2. The molecule has 2 aliphatic rings. The van der Waals surface area contributed by atoms with E-state index < -0.39 is 0 Å². The fourth-order valence-corrected chi connectivity index (χ4v) is 3.66. The zero-order valence-electron chi connectivity index (χ0n) is 15.8. The molecular weight excluding hydrogens is 360 g/mol. The number of carbonyl (C=O) groups excluding carboxylic acids is 2. The number of rotatable bonds is 4. The maximum absolute atomic E-state index is 12.9. The molecule has 0 aliphatic carbocycles. The van der Waals surface area contributed by atoms with Gasteiger partial charge in [-0.1, -0.05) is 0 Å². The molecule has 7 heteroatoms. The highest BCUT2D eigenvalue weighted by Crippen LogP contribution is 2.32. The van der Waals surface area contributed by atoms with E-state index in [1.54, 1.807) is 35.4 Å². The molecule has 148 valence electrons. The summed E-state index contributed by atoms with van der Waals surface area (Å²) in [5.41, 5.74) is 0.638. The normalized spacial score (nSPS) is 17.8. The number of hydrogen-bond donors (Lipinski definition) is 1. The summed E-state index contributed by atoms with van der Waals surface area (Å²) in [6, 6.07) is 8.66. The van der Waals surface area contributed by atoms with Crippen LogP contribution >= 0.6 is 0 Å². The Bertz CT molecular complexity index is 840. The SMILES string of the molecule is CC(NC(=O)N1CCC(C(=O)c2ccc3c(c2)OCCO3)CC1)c1ccco1. The number of ether oxygens (including phenoxy) is 2. The number of nitrogens with one attached hydrogen (secondary N) is 1. The van der Waals surface area contributed by atoms with E-state index in [0.29, 0.717) is 56.2 Å². The van der Waals surface area contributed by atoms with E-state index in [1.165, 1.54) is 0 Å². The largest absolute Gasteiger partial charge is 0.486 e. The van der Waals surface area contributed by atoms with Gasteiger partial charge in [0, 0.05) is 24.6 Å². The Morgan fingerprint density at radius 2 is 1.86 bits per heavy atom. The van der Waals surface area contributed by atoms with Crippen LogP contribution in [0.5, 0.6) is 11.5 Å². The fourth-order valence-electron chi connectivity index (χ4n) is 3.66. The second kappa shape index (κ2) is 7.96. The first kappa shape index (κ1) is 18.4. The molecule has 0 radical (unpaired) electrons. The molecule has 1 aromatic heterocycles. The van der Waals surface area contributed by atoms with Gasteiger partial charge in [-0.15, -0.1) is 0 Å². The van der Waals surface area contributed by atoms with Crippen LogP contribution in [0.15, 0.2) is 41.0 Å². The second-order valence-corrected chi connectivity index (χ2v) is 7.17. The average Bonchev–Trinajstić information content (AvgIpc) is 3.28. The first-order valence-corrected chi connectivity index (χ1v) is 9.64. The molecule has 28 heavy (non-hydrogen) atoms. The first-order valence-electron chi connectivity index (χ1n) is 9.64. The number of likely N-dealkylation sites (tertiary alicyclic amines) is 1. The second-order valence-electron chi connectivity index (χ2n) is 7.17. The maximum Gasteiger partial charge on any atom is 0.317 e. The lowest BCUT2D eigenvalue weighted by Gasteiger charge is -2.32. The topological polar surface area (TPSA) is 81.0 Å². The van der Waals surface area contributed by atoms with E-state index in [0.717, 1.165) is 5.76 Å². The Labute approximate surface area is 163 Å². The molecule has 0 bridgehead atoms. The predicted octanol–water partition coefficient (Wildman–Crippen LogP) is 3.42. The van der Waals surface area contributed by atoms with Gasteiger partial charge >= 0.3 is 6.03 Å². The number of nitrogens with zero attached hydrogens (tertiary/aromatic N) is 1. The molecule has 0 spiro atoms. The van der Waals surface area contributed by atoms with Crippen LogP contribution in [-0.2, 0) is 0 Å². The molecule has 0 saturated carbocycles. The van der Waals surface area contributed by atoms with Gasteiger partial charge < -0.3 is 24.1 Å². The van der Waals surface area contributed by atoms with Gasteiger partial charge in [0.15, 0.2) is 17.3 Å². The highest BCUT2D eigenvalue weighted by Gasteiger charge is 2.29. The van der Waals surface area contributed by atoms with Crippen molar-refractivity contribution in [1.82, 2.24) is 10.2 Å². The number of carbonyl (C=O) groups is 2. The molecule has 3 heterocycles. The standard InChI is InChI=1S/C21H24N2O5/c1-14(17-3-2-10-26-17)22-21(25)23-8-6-15(7-9-23)20(24)16-4-5-18-19(13-16)28-12-11-27-18/h2-5,10,13-15H,6-9,11-12H2,1H3,(H,22,25). The van der Waals surface area contributed by atoms with Crippen molar-refractivity contribution in [2.45, 2.75) is 25.8 Å². The Morgan fingerprint density at radius 1 is 1.11 bits per heavy atom. The van der Waals surface area contributed by atoms with Gasteiger partial charge in [0.2, 0.25) is 0 Å². The molecule has 1 unspecified atom stereocenters. The monoisotopic (exact) mass is 384 g/mol. The lowest BCUT2D eigenvalue weighted by Crippen LogP contribution is -2.46. The van der Waals surface area contributed by atoms with E-state index in [1.807, 2.05) is 13.0 Å². The summed E-state index contributed by atoms with van der Waals surface area (Å²) in [7, 11) is 0. The summed E-state index contributed by atoms with van der Waals surface area (Å²) >= 11 is 0.